The number of nitrogens with zero attached hydrogens (tertiary/aromatic N) is 1. The molecule has 1 aliphatic rings. The summed E-state index contributed by atoms with van der Waals surface area (Å²) in [5.41, 5.74) is 1.12. The Morgan fingerprint density at radius 1 is 1.44 bits per heavy atom. The monoisotopic (exact) mass is 310 g/mol. The molecular weight excluding hydrogens is 296 g/mol. The molecule has 1 aromatic carbocycles. The van der Waals surface area contributed by atoms with Crippen LogP contribution in [0.15, 0.2) is 28.7 Å². The van der Waals surface area contributed by atoms with Gasteiger partial charge in [-0.05, 0) is 24.1 Å². The Hall–Kier alpha value is -1.36. The Balaban J connectivity index is 1.86. The maximum absolute atomic E-state index is 11.9. The Morgan fingerprint density at radius 3 is 3.00 bits per heavy atom. The third kappa shape index (κ3) is 3.57. The zero-order valence-corrected chi connectivity index (χ0v) is 11.6. The molecular formula is C13H15BrN2O2. The first-order valence-electron chi connectivity index (χ1n) is 5.94. The molecule has 1 saturated heterocycles. The molecule has 1 aromatic rings. The number of carbonyl (C=O) groups is 2. The number of piperazine rings is 1. The van der Waals surface area contributed by atoms with Gasteiger partial charge in [-0.1, -0.05) is 28.1 Å². The fourth-order valence-electron chi connectivity index (χ4n) is 1.95. The molecule has 0 saturated carbocycles. The Kier molecular flexibility index (Phi) is 4.36. The summed E-state index contributed by atoms with van der Waals surface area (Å²) < 4.78 is 1.02. The zero-order valence-electron chi connectivity index (χ0n) is 9.99. The van der Waals surface area contributed by atoms with E-state index >= 15 is 0 Å². The van der Waals surface area contributed by atoms with Crippen LogP contribution in [-0.2, 0) is 16.0 Å². The Labute approximate surface area is 114 Å². The van der Waals surface area contributed by atoms with Crippen molar-refractivity contribution < 1.29 is 9.59 Å². The quantitative estimate of drug-likeness (QED) is 0.916. The molecule has 0 spiro atoms. The molecule has 0 radical (unpaired) electrons. The third-order valence-electron chi connectivity index (χ3n) is 2.91. The highest BCUT2D eigenvalue weighted by Gasteiger charge is 2.20. The van der Waals surface area contributed by atoms with Gasteiger partial charge in [0.15, 0.2) is 0 Å². The smallest absolute Gasteiger partial charge is 0.239 e. The highest BCUT2D eigenvalue weighted by molar-refractivity contribution is 9.10. The van der Waals surface area contributed by atoms with Crippen molar-refractivity contribution in [3.8, 4) is 0 Å². The van der Waals surface area contributed by atoms with Gasteiger partial charge in [-0.25, -0.2) is 0 Å². The van der Waals surface area contributed by atoms with Gasteiger partial charge in [-0.15, -0.1) is 0 Å². The largest absolute Gasteiger partial charge is 0.353 e. The van der Waals surface area contributed by atoms with Crippen molar-refractivity contribution >= 4 is 27.7 Å². The summed E-state index contributed by atoms with van der Waals surface area (Å²) in [5, 5.41) is 2.71. The second kappa shape index (κ2) is 6.00. The van der Waals surface area contributed by atoms with E-state index in [1.165, 1.54) is 0 Å². The van der Waals surface area contributed by atoms with Crippen molar-refractivity contribution in [3.63, 3.8) is 0 Å². The van der Waals surface area contributed by atoms with Crippen LogP contribution < -0.4 is 5.32 Å². The maximum Gasteiger partial charge on any atom is 0.239 e. The van der Waals surface area contributed by atoms with Crippen LogP contribution in [0.1, 0.15) is 12.0 Å². The number of rotatable bonds is 3. The standard InChI is InChI=1S/C13H15BrN2O2/c14-11-3-1-2-10(8-11)4-5-13(18)16-7-6-15-12(17)9-16/h1-3,8H,4-7,9H2,(H,15,17). The van der Waals surface area contributed by atoms with E-state index in [2.05, 4.69) is 21.2 Å². The van der Waals surface area contributed by atoms with E-state index in [4.69, 9.17) is 0 Å². The van der Waals surface area contributed by atoms with Crippen LogP contribution in [0.4, 0.5) is 0 Å². The number of benzene rings is 1. The lowest BCUT2D eigenvalue weighted by atomic mass is 10.1. The van der Waals surface area contributed by atoms with E-state index < -0.39 is 0 Å². The molecule has 1 fully saturated rings. The molecule has 0 bridgehead atoms. The first-order chi connectivity index (χ1) is 8.65. The number of amides is 2. The molecule has 0 atom stereocenters. The van der Waals surface area contributed by atoms with Crippen molar-refractivity contribution in [1.82, 2.24) is 10.2 Å². The van der Waals surface area contributed by atoms with Crippen LogP contribution in [0.5, 0.6) is 0 Å². The zero-order chi connectivity index (χ0) is 13.0. The molecule has 1 N–H and O–H groups in total. The molecule has 1 aliphatic heterocycles. The van der Waals surface area contributed by atoms with Crippen molar-refractivity contribution in [1.29, 1.82) is 0 Å². The van der Waals surface area contributed by atoms with E-state index in [0.717, 1.165) is 10.0 Å². The first-order valence-corrected chi connectivity index (χ1v) is 6.73. The van der Waals surface area contributed by atoms with E-state index in [1.807, 2.05) is 24.3 Å². The topological polar surface area (TPSA) is 49.4 Å². The molecule has 0 aromatic heterocycles. The summed E-state index contributed by atoms with van der Waals surface area (Å²) >= 11 is 3.41. The first kappa shape index (κ1) is 13.1. The summed E-state index contributed by atoms with van der Waals surface area (Å²) in [4.78, 5) is 24.7. The van der Waals surface area contributed by atoms with Crippen molar-refractivity contribution in [2.45, 2.75) is 12.8 Å². The molecule has 0 unspecified atom stereocenters. The Morgan fingerprint density at radius 2 is 2.28 bits per heavy atom. The van der Waals surface area contributed by atoms with Crippen LogP contribution in [0, 0.1) is 0 Å². The van der Waals surface area contributed by atoms with Crippen LogP contribution in [0.3, 0.4) is 0 Å². The molecule has 96 valence electrons. The fourth-order valence-corrected chi connectivity index (χ4v) is 2.40. The average Bonchev–Trinajstić information content (AvgIpc) is 2.36. The van der Waals surface area contributed by atoms with Gasteiger partial charge >= 0.3 is 0 Å². The molecule has 2 rings (SSSR count). The van der Waals surface area contributed by atoms with Gasteiger partial charge in [0.05, 0.1) is 6.54 Å². The third-order valence-corrected chi connectivity index (χ3v) is 3.40. The normalized spacial score (nSPS) is 15.4. The summed E-state index contributed by atoms with van der Waals surface area (Å²) in [6.07, 6.45) is 1.15. The highest BCUT2D eigenvalue weighted by atomic mass is 79.9. The van der Waals surface area contributed by atoms with Crippen LogP contribution in [-0.4, -0.2) is 36.3 Å². The molecule has 5 heteroatoms. The van der Waals surface area contributed by atoms with Gasteiger partial charge in [0.2, 0.25) is 11.8 Å². The number of nitrogens with one attached hydrogen (secondary N) is 1. The summed E-state index contributed by atoms with van der Waals surface area (Å²) in [7, 11) is 0. The van der Waals surface area contributed by atoms with E-state index in [-0.39, 0.29) is 18.4 Å². The SMILES string of the molecule is O=C1CN(C(=O)CCc2cccc(Br)c2)CCN1. The predicted octanol–water partition coefficient (Wildman–Crippen LogP) is 1.34. The molecule has 18 heavy (non-hydrogen) atoms. The van der Waals surface area contributed by atoms with Gasteiger partial charge < -0.3 is 10.2 Å². The minimum atomic E-state index is -0.0722. The van der Waals surface area contributed by atoms with Crippen LogP contribution in [0.25, 0.3) is 0 Å². The van der Waals surface area contributed by atoms with E-state index in [0.29, 0.717) is 25.9 Å². The van der Waals surface area contributed by atoms with Gasteiger partial charge in [-0.2, -0.15) is 0 Å². The Bertz CT molecular complexity index is 462. The highest BCUT2D eigenvalue weighted by Crippen LogP contribution is 2.13. The lowest BCUT2D eigenvalue weighted by Gasteiger charge is -2.26. The summed E-state index contributed by atoms with van der Waals surface area (Å²) in [6.45, 7) is 1.36. The fraction of sp³-hybridized carbons (Fsp3) is 0.385. The molecule has 4 nitrogen and oxygen atoms in total. The van der Waals surface area contributed by atoms with Crippen molar-refractivity contribution in [2.24, 2.45) is 0 Å². The second-order valence-corrected chi connectivity index (χ2v) is 5.21. The van der Waals surface area contributed by atoms with E-state index in [1.54, 1.807) is 4.90 Å². The summed E-state index contributed by atoms with van der Waals surface area (Å²) in [5.74, 6) is -0.0260. The minimum absolute atomic E-state index is 0.0461. The number of hydrogen-bond acceptors (Lipinski definition) is 2. The van der Waals surface area contributed by atoms with Crippen LogP contribution in [0.2, 0.25) is 0 Å². The second-order valence-electron chi connectivity index (χ2n) is 4.30. The van der Waals surface area contributed by atoms with Gasteiger partial charge in [-0.3, -0.25) is 9.59 Å². The lowest BCUT2D eigenvalue weighted by Crippen LogP contribution is -2.50. The molecule has 0 aliphatic carbocycles. The maximum atomic E-state index is 11.9. The van der Waals surface area contributed by atoms with Gasteiger partial charge in [0.1, 0.15) is 0 Å². The van der Waals surface area contributed by atoms with E-state index in [9.17, 15) is 9.59 Å². The number of halogens is 1. The lowest BCUT2D eigenvalue weighted by molar-refractivity contribution is -0.138. The van der Waals surface area contributed by atoms with Crippen molar-refractivity contribution in [2.75, 3.05) is 19.6 Å². The average molecular weight is 311 g/mol. The number of hydrogen-bond donors (Lipinski definition) is 1. The minimum Gasteiger partial charge on any atom is -0.353 e. The van der Waals surface area contributed by atoms with Gasteiger partial charge in [0.25, 0.3) is 0 Å². The predicted molar refractivity (Wildman–Crippen MR) is 72.1 cm³/mol. The number of aryl methyl sites for hydroxylation is 1. The molecule has 2 amide bonds. The molecule has 1 heterocycles. The summed E-state index contributed by atoms with van der Waals surface area (Å²) in [6, 6.07) is 7.93. The van der Waals surface area contributed by atoms with Gasteiger partial charge in [0, 0.05) is 24.0 Å². The number of carbonyl (C=O) groups excluding carboxylic acids is 2. The van der Waals surface area contributed by atoms with Crippen LogP contribution >= 0.6 is 15.9 Å². The van der Waals surface area contributed by atoms with Crippen molar-refractivity contribution in [3.05, 3.63) is 34.3 Å².